The molecule has 1 aliphatic heterocycles. The van der Waals surface area contributed by atoms with Crippen molar-refractivity contribution in [1.29, 1.82) is 0 Å². The molecule has 0 saturated carbocycles. The number of carbonyl (C=O) groups is 1. The molecule has 0 unspecified atom stereocenters. The van der Waals surface area contributed by atoms with Crippen molar-refractivity contribution in [2.24, 2.45) is 0 Å². The summed E-state index contributed by atoms with van der Waals surface area (Å²) in [6.07, 6.45) is 3.36. The number of anilines is 1. The monoisotopic (exact) mass is 441 g/mol. The molecule has 164 valence electrons. The van der Waals surface area contributed by atoms with E-state index in [1.54, 1.807) is 43.3 Å². The SMILES string of the molecule is Cc1ccc(C2=C/C(=C\c3ccc([N+](=O)[O-])cc3)C(=O)N2c2ccc(C)c([N+](=O)[O-])c2)cc1. The summed E-state index contributed by atoms with van der Waals surface area (Å²) in [6, 6.07) is 18.2. The topological polar surface area (TPSA) is 107 Å². The van der Waals surface area contributed by atoms with Crippen molar-refractivity contribution < 1.29 is 14.6 Å². The number of rotatable bonds is 5. The van der Waals surface area contributed by atoms with Gasteiger partial charge in [-0.1, -0.05) is 35.9 Å². The van der Waals surface area contributed by atoms with Gasteiger partial charge in [0, 0.05) is 29.3 Å². The third-order valence-electron chi connectivity index (χ3n) is 5.40. The third kappa shape index (κ3) is 4.27. The summed E-state index contributed by atoms with van der Waals surface area (Å²) in [7, 11) is 0. The van der Waals surface area contributed by atoms with Crippen LogP contribution in [0.25, 0.3) is 11.8 Å². The zero-order chi connectivity index (χ0) is 23.7. The molecule has 1 aliphatic rings. The van der Waals surface area contributed by atoms with E-state index >= 15 is 0 Å². The Kier molecular flexibility index (Phi) is 5.58. The predicted molar refractivity (Wildman–Crippen MR) is 126 cm³/mol. The quantitative estimate of drug-likeness (QED) is 0.291. The van der Waals surface area contributed by atoms with Gasteiger partial charge in [0.2, 0.25) is 0 Å². The molecule has 0 fully saturated rings. The van der Waals surface area contributed by atoms with E-state index in [0.29, 0.717) is 28.1 Å². The predicted octanol–water partition coefficient (Wildman–Crippen LogP) is 5.59. The van der Waals surface area contributed by atoms with Crippen LogP contribution in [0, 0.1) is 34.1 Å². The standard InChI is InChI=1S/C25H19N3O5/c1-16-3-8-19(9-4-16)24-14-20(13-18-6-11-21(12-7-18)27(30)31)25(29)26(24)22-10-5-17(2)23(15-22)28(32)33/h3-15H,1-2H3/b20-13+. The Morgan fingerprint density at radius 3 is 2.12 bits per heavy atom. The van der Waals surface area contributed by atoms with E-state index in [2.05, 4.69) is 0 Å². The van der Waals surface area contributed by atoms with Gasteiger partial charge in [0.15, 0.2) is 0 Å². The van der Waals surface area contributed by atoms with Crippen LogP contribution in [0.4, 0.5) is 17.1 Å². The third-order valence-corrected chi connectivity index (χ3v) is 5.40. The lowest BCUT2D eigenvalue weighted by molar-refractivity contribution is -0.385. The highest BCUT2D eigenvalue weighted by Gasteiger charge is 2.31. The van der Waals surface area contributed by atoms with E-state index in [0.717, 1.165) is 11.1 Å². The minimum absolute atomic E-state index is 0.0422. The Hall–Kier alpha value is -4.59. The van der Waals surface area contributed by atoms with Crippen LogP contribution in [0.1, 0.15) is 22.3 Å². The van der Waals surface area contributed by atoms with Crippen LogP contribution in [-0.4, -0.2) is 15.8 Å². The van der Waals surface area contributed by atoms with Crippen LogP contribution in [0.15, 0.2) is 78.4 Å². The molecule has 1 amide bonds. The van der Waals surface area contributed by atoms with E-state index < -0.39 is 9.85 Å². The fraction of sp³-hybridized carbons (Fsp3) is 0.0800. The average molecular weight is 441 g/mol. The van der Waals surface area contributed by atoms with Crippen LogP contribution in [0.3, 0.4) is 0 Å². The molecular weight excluding hydrogens is 422 g/mol. The maximum Gasteiger partial charge on any atom is 0.274 e. The number of benzene rings is 3. The largest absolute Gasteiger partial charge is 0.276 e. The highest BCUT2D eigenvalue weighted by Crippen LogP contribution is 2.37. The van der Waals surface area contributed by atoms with Gasteiger partial charge in [0.25, 0.3) is 17.3 Å². The maximum absolute atomic E-state index is 13.4. The molecule has 0 radical (unpaired) electrons. The number of carbonyl (C=O) groups excluding carboxylic acids is 1. The first-order valence-corrected chi connectivity index (χ1v) is 10.1. The fourth-order valence-corrected chi connectivity index (χ4v) is 3.61. The second-order valence-electron chi connectivity index (χ2n) is 7.71. The summed E-state index contributed by atoms with van der Waals surface area (Å²) in [5.74, 6) is -0.345. The second-order valence-corrected chi connectivity index (χ2v) is 7.71. The van der Waals surface area contributed by atoms with Crippen molar-refractivity contribution in [2.75, 3.05) is 4.90 Å². The van der Waals surface area contributed by atoms with Gasteiger partial charge in [-0.2, -0.15) is 0 Å². The Morgan fingerprint density at radius 1 is 0.848 bits per heavy atom. The number of nitro benzene ring substituents is 2. The Bertz CT molecular complexity index is 1340. The minimum atomic E-state index is -0.487. The highest BCUT2D eigenvalue weighted by atomic mass is 16.6. The number of nitro groups is 2. The Balaban J connectivity index is 1.82. The van der Waals surface area contributed by atoms with Gasteiger partial charge in [0.05, 0.1) is 21.2 Å². The lowest BCUT2D eigenvalue weighted by atomic mass is 10.1. The molecule has 0 atom stereocenters. The molecule has 4 rings (SSSR count). The van der Waals surface area contributed by atoms with Gasteiger partial charge >= 0.3 is 0 Å². The second kappa shape index (κ2) is 8.51. The zero-order valence-electron chi connectivity index (χ0n) is 17.9. The van der Waals surface area contributed by atoms with Crippen molar-refractivity contribution in [1.82, 2.24) is 0 Å². The molecule has 0 bridgehead atoms. The van der Waals surface area contributed by atoms with Crippen molar-refractivity contribution in [3.8, 4) is 0 Å². The number of nitrogens with zero attached hydrogens (tertiary/aromatic N) is 3. The number of amides is 1. The van der Waals surface area contributed by atoms with Gasteiger partial charge in [-0.15, -0.1) is 0 Å². The van der Waals surface area contributed by atoms with E-state index in [4.69, 9.17) is 0 Å². The number of hydrogen-bond donors (Lipinski definition) is 0. The molecule has 0 aromatic heterocycles. The first-order chi connectivity index (χ1) is 15.7. The van der Waals surface area contributed by atoms with Crippen LogP contribution in [0.5, 0.6) is 0 Å². The first kappa shape index (κ1) is 21.6. The summed E-state index contributed by atoms with van der Waals surface area (Å²) in [5, 5.41) is 22.4. The molecule has 33 heavy (non-hydrogen) atoms. The van der Waals surface area contributed by atoms with Crippen LogP contribution >= 0.6 is 0 Å². The lowest BCUT2D eigenvalue weighted by Gasteiger charge is -2.21. The maximum atomic E-state index is 13.4. The van der Waals surface area contributed by atoms with Crippen molar-refractivity contribution in [3.63, 3.8) is 0 Å². The fourth-order valence-electron chi connectivity index (χ4n) is 3.61. The van der Waals surface area contributed by atoms with Crippen molar-refractivity contribution in [3.05, 3.63) is 121 Å². The number of aryl methyl sites for hydroxylation is 2. The van der Waals surface area contributed by atoms with Crippen LogP contribution in [0.2, 0.25) is 0 Å². The van der Waals surface area contributed by atoms with Gasteiger partial charge in [-0.3, -0.25) is 29.9 Å². The van der Waals surface area contributed by atoms with E-state index in [1.807, 2.05) is 31.2 Å². The molecule has 0 saturated heterocycles. The molecule has 8 heteroatoms. The van der Waals surface area contributed by atoms with Crippen LogP contribution in [-0.2, 0) is 4.79 Å². The van der Waals surface area contributed by atoms with Crippen molar-refractivity contribution in [2.45, 2.75) is 13.8 Å². The smallest absolute Gasteiger partial charge is 0.274 e. The van der Waals surface area contributed by atoms with Gasteiger partial charge in [0.1, 0.15) is 0 Å². The summed E-state index contributed by atoms with van der Waals surface area (Å²) in [5.41, 5.74) is 4.19. The summed E-state index contributed by atoms with van der Waals surface area (Å²) < 4.78 is 0. The Labute approximate surface area is 189 Å². The van der Waals surface area contributed by atoms with Crippen LogP contribution < -0.4 is 4.90 Å². The molecule has 0 N–H and O–H groups in total. The minimum Gasteiger partial charge on any atom is -0.276 e. The lowest BCUT2D eigenvalue weighted by Crippen LogP contribution is -2.25. The zero-order valence-corrected chi connectivity index (χ0v) is 17.9. The number of non-ortho nitro benzene ring substituents is 1. The van der Waals surface area contributed by atoms with E-state index in [-0.39, 0.29) is 17.3 Å². The molecule has 3 aromatic carbocycles. The van der Waals surface area contributed by atoms with E-state index in [9.17, 15) is 25.0 Å². The van der Waals surface area contributed by atoms with Gasteiger partial charge in [-0.25, -0.2) is 0 Å². The molecule has 1 heterocycles. The molecule has 0 spiro atoms. The van der Waals surface area contributed by atoms with Gasteiger partial charge < -0.3 is 0 Å². The number of hydrogen-bond acceptors (Lipinski definition) is 5. The molecule has 3 aromatic rings. The normalized spacial score (nSPS) is 14.5. The van der Waals surface area contributed by atoms with Gasteiger partial charge in [-0.05, 0) is 55.3 Å². The average Bonchev–Trinajstić information content (AvgIpc) is 3.10. The van der Waals surface area contributed by atoms with E-state index in [1.165, 1.54) is 23.1 Å². The highest BCUT2D eigenvalue weighted by molar-refractivity contribution is 6.23. The first-order valence-electron chi connectivity index (χ1n) is 10.1. The Morgan fingerprint density at radius 2 is 1.52 bits per heavy atom. The molecule has 8 nitrogen and oxygen atoms in total. The molecular formula is C25H19N3O5. The summed E-state index contributed by atoms with van der Waals surface area (Å²) >= 11 is 0. The summed E-state index contributed by atoms with van der Waals surface area (Å²) in [4.78, 5) is 36.3. The summed E-state index contributed by atoms with van der Waals surface area (Å²) in [6.45, 7) is 3.60. The molecule has 0 aliphatic carbocycles. The van der Waals surface area contributed by atoms with Crippen molar-refractivity contribution >= 4 is 34.7 Å².